The van der Waals surface area contributed by atoms with E-state index < -0.39 is 5.92 Å². The molecule has 0 aliphatic heterocycles. The number of aromatic hydroxyl groups is 2. The van der Waals surface area contributed by atoms with Gasteiger partial charge in [-0.3, -0.25) is 9.59 Å². The number of allylic oxidation sites excluding steroid dienone is 2. The Labute approximate surface area is 223 Å². The summed E-state index contributed by atoms with van der Waals surface area (Å²) in [5.74, 6) is -1.32. The van der Waals surface area contributed by atoms with Crippen molar-refractivity contribution in [2.24, 2.45) is 5.92 Å². The van der Waals surface area contributed by atoms with Crippen LogP contribution in [0, 0.1) is 19.8 Å². The van der Waals surface area contributed by atoms with E-state index in [0.717, 1.165) is 26.7 Å². The number of phenols is 2. The molecule has 0 fully saturated rings. The molecule has 0 bridgehead atoms. The largest absolute Gasteiger partial charge is 0.508 e. The van der Waals surface area contributed by atoms with Crippen LogP contribution in [-0.2, 0) is 16.0 Å². The van der Waals surface area contributed by atoms with Gasteiger partial charge >= 0.3 is 0 Å². The van der Waals surface area contributed by atoms with Crippen LogP contribution in [0.5, 0.6) is 17.2 Å². The second kappa shape index (κ2) is 12.1. The average molecular weight is 570 g/mol. The number of phenolic OH excluding ortho intramolecular Hbond substituents is 2. The summed E-state index contributed by atoms with van der Waals surface area (Å²) in [6, 6.07) is 12.9. The van der Waals surface area contributed by atoms with E-state index in [1.54, 1.807) is 42.5 Å². The number of ketones is 2. The minimum Gasteiger partial charge on any atom is -0.508 e. The lowest BCUT2D eigenvalue weighted by Gasteiger charge is -2.16. The lowest BCUT2D eigenvalue weighted by Crippen LogP contribution is -2.24. The van der Waals surface area contributed by atoms with E-state index in [0.29, 0.717) is 10.6 Å². The molecule has 0 heterocycles. The number of methoxy groups -OCH3 is 1. The molecule has 7 heteroatoms. The summed E-state index contributed by atoms with van der Waals surface area (Å²) in [5.41, 5.74) is 3.98. The van der Waals surface area contributed by atoms with Gasteiger partial charge in [-0.2, -0.15) is 0 Å². The molecule has 0 saturated heterocycles. The highest BCUT2D eigenvalue weighted by atomic mass is 79.9. The molecule has 3 aromatic carbocycles. The highest BCUT2D eigenvalue weighted by molar-refractivity contribution is 9.10. The van der Waals surface area contributed by atoms with Crippen LogP contribution in [0.2, 0.25) is 5.02 Å². The van der Waals surface area contributed by atoms with Gasteiger partial charge in [0, 0.05) is 9.50 Å². The highest BCUT2D eigenvalue weighted by Crippen LogP contribution is 2.32. The molecule has 1 unspecified atom stereocenters. The van der Waals surface area contributed by atoms with Crippen molar-refractivity contribution in [3.8, 4) is 17.2 Å². The standard InChI is InChI=1S/C29H26BrClO5/c1-17-18(2)29(30)21(16-24(17)31)15-23(25(33)11-6-19-4-9-22(32)10-5-19)26(34)12-7-20-8-13-27(35)28(14-20)36-3/h4-14,16,23,32,35H,15H2,1-3H3/b11-6+,12-7+. The van der Waals surface area contributed by atoms with Gasteiger partial charge in [0.2, 0.25) is 0 Å². The summed E-state index contributed by atoms with van der Waals surface area (Å²) in [5, 5.41) is 19.8. The van der Waals surface area contributed by atoms with E-state index in [4.69, 9.17) is 16.3 Å². The van der Waals surface area contributed by atoms with Crippen molar-refractivity contribution in [1.82, 2.24) is 0 Å². The molecule has 5 nitrogen and oxygen atoms in total. The lowest BCUT2D eigenvalue weighted by molar-refractivity contribution is -0.127. The summed E-state index contributed by atoms with van der Waals surface area (Å²) in [7, 11) is 1.44. The molecular weight excluding hydrogens is 544 g/mol. The minimum atomic E-state index is -0.983. The molecule has 0 radical (unpaired) electrons. The first-order valence-corrected chi connectivity index (χ1v) is 12.3. The molecule has 36 heavy (non-hydrogen) atoms. The Morgan fingerprint density at radius 2 is 1.53 bits per heavy atom. The first kappa shape index (κ1) is 27.2. The fraction of sp³-hybridized carbons (Fsp3) is 0.172. The van der Waals surface area contributed by atoms with E-state index in [2.05, 4.69) is 15.9 Å². The summed E-state index contributed by atoms with van der Waals surface area (Å²) < 4.78 is 5.93. The van der Waals surface area contributed by atoms with Gasteiger partial charge in [0.05, 0.1) is 13.0 Å². The number of carbonyl (C=O) groups is 2. The Hall–Kier alpha value is -3.35. The number of rotatable bonds is 9. The van der Waals surface area contributed by atoms with Gasteiger partial charge in [0.1, 0.15) is 5.75 Å². The molecule has 186 valence electrons. The zero-order valence-electron chi connectivity index (χ0n) is 20.1. The number of benzene rings is 3. The third-order valence-corrected chi connectivity index (χ3v) is 7.42. The van der Waals surface area contributed by atoms with Crippen LogP contribution in [0.15, 0.2) is 65.2 Å². The van der Waals surface area contributed by atoms with E-state index in [9.17, 15) is 19.8 Å². The van der Waals surface area contributed by atoms with Crippen LogP contribution in [0.25, 0.3) is 12.2 Å². The van der Waals surface area contributed by atoms with E-state index >= 15 is 0 Å². The average Bonchev–Trinajstić information content (AvgIpc) is 2.87. The fourth-order valence-corrected chi connectivity index (χ4v) is 4.44. The molecular formula is C29H26BrClO5. The second-order valence-corrected chi connectivity index (χ2v) is 9.53. The molecule has 0 aliphatic carbocycles. The van der Waals surface area contributed by atoms with Gasteiger partial charge in [-0.1, -0.05) is 57.9 Å². The lowest BCUT2D eigenvalue weighted by atomic mass is 9.89. The monoisotopic (exact) mass is 568 g/mol. The van der Waals surface area contributed by atoms with Crippen LogP contribution in [0.1, 0.15) is 27.8 Å². The Kier molecular flexibility index (Phi) is 9.13. The zero-order chi connectivity index (χ0) is 26.4. The fourth-order valence-electron chi connectivity index (χ4n) is 3.59. The number of carbonyl (C=O) groups excluding carboxylic acids is 2. The third-order valence-electron chi connectivity index (χ3n) is 5.92. The summed E-state index contributed by atoms with van der Waals surface area (Å²) in [4.78, 5) is 26.5. The first-order valence-electron chi connectivity index (χ1n) is 11.1. The van der Waals surface area contributed by atoms with Crippen molar-refractivity contribution in [3.05, 3.63) is 98.0 Å². The molecule has 1 atom stereocenters. The summed E-state index contributed by atoms with van der Waals surface area (Å²) in [6.07, 6.45) is 6.08. The number of hydrogen-bond donors (Lipinski definition) is 2. The molecule has 3 rings (SSSR count). The number of ether oxygens (including phenoxy) is 1. The zero-order valence-corrected chi connectivity index (χ0v) is 22.4. The smallest absolute Gasteiger partial charge is 0.166 e. The third kappa shape index (κ3) is 6.65. The summed E-state index contributed by atoms with van der Waals surface area (Å²) >= 11 is 9.99. The predicted molar refractivity (Wildman–Crippen MR) is 147 cm³/mol. The molecule has 3 aromatic rings. The molecule has 0 spiro atoms. The van der Waals surface area contributed by atoms with E-state index in [1.807, 2.05) is 13.8 Å². The van der Waals surface area contributed by atoms with Crippen molar-refractivity contribution < 1.29 is 24.5 Å². The Morgan fingerprint density at radius 1 is 0.944 bits per heavy atom. The van der Waals surface area contributed by atoms with Crippen LogP contribution >= 0.6 is 27.5 Å². The normalized spacial score (nSPS) is 12.2. The van der Waals surface area contributed by atoms with Gasteiger partial charge < -0.3 is 14.9 Å². The summed E-state index contributed by atoms with van der Waals surface area (Å²) in [6.45, 7) is 3.84. The van der Waals surface area contributed by atoms with Crippen LogP contribution in [-0.4, -0.2) is 28.9 Å². The van der Waals surface area contributed by atoms with Gasteiger partial charge in [0.25, 0.3) is 0 Å². The SMILES string of the molecule is COc1cc(/C=C/C(=O)C(Cc2cc(Cl)c(C)c(C)c2Br)C(=O)/C=C/c2ccc(O)cc2)ccc1O. The highest BCUT2D eigenvalue weighted by Gasteiger charge is 2.25. The molecule has 0 aliphatic rings. The quantitative estimate of drug-likeness (QED) is 0.217. The van der Waals surface area contributed by atoms with Crippen molar-refractivity contribution in [1.29, 1.82) is 0 Å². The van der Waals surface area contributed by atoms with Crippen molar-refractivity contribution in [2.75, 3.05) is 7.11 Å². The Bertz CT molecular complexity index is 1340. The maximum atomic E-state index is 13.3. The van der Waals surface area contributed by atoms with Crippen LogP contribution in [0.3, 0.4) is 0 Å². The molecule has 0 amide bonds. The van der Waals surface area contributed by atoms with Gasteiger partial charge in [-0.25, -0.2) is 0 Å². The second-order valence-electron chi connectivity index (χ2n) is 8.33. The van der Waals surface area contributed by atoms with E-state index in [1.165, 1.54) is 37.5 Å². The van der Waals surface area contributed by atoms with Crippen LogP contribution in [0.4, 0.5) is 0 Å². The predicted octanol–water partition coefficient (Wildman–Crippen LogP) is 6.86. The molecule has 0 aromatic heterocycles. The topological polar surface area (TPSA) is 83.8 Å². The Balaban J connectivity index is 1.93. The molecule has 0 saturated carbocycles. The van der Waals surface area contributed by atoms with Gasteiger partial charge in [-0.15, -0.1) is 0 Å². The maximum absolute atomic E-state index is 13.3. The first-order chi connectivity index (χ1) is 17.1. The maximum Gasteiger partial charge on any atom is 0.166 e. The Morgan fingerprint density at radius 3 is 2.14 bits per heavy atom. The van der Waals surface area contributed by atoms with Gasteiger partial charge in [0.15, 0.2) is 23.1 Å². The van der Waals surface area contributed by atoms with E-state index in [-0.39, 0.29) is 35.2 Å². The van der Waals surface area contributed by atoms with Crippen LogP contribution < -0.4 is 4.74 Å². The number of halogens is 2. The van der Waals surface area contributed by atoms with Gasteiger partial charge in [-0.05, 0) is 90.6 Å². The molecule has 2 N–H and O–H groups in total. The van der Waals surface area contributed by atoms with Crippen molar-refractivity contribution in [3.63, 3.8) is 0 Å². The van der Waals surface area contributed by atoms with Crippen molar-refractivity contribution in [2.45, 2.75) is 20.3 Å². The minimum absolute atomic E-state index is 0.00938. The van der Waals surface area contributed by atoms with Crippen molar-refractivity contribution >= 4 is 51.2 Å². The number of hydrogen-bond acceptors (Lipinski definition) is 5.